The van der Waals surface area contributed by atoms with Gasteiger partial charge in [0.2, 0.25) is 0 Å². The molecule has 0 spiro atoms. The van der Waals surface area contributed by atoms with E-state index >= 15 is 0 Å². The third-order valence-corrected chi connectivity index (χ3v) is 1.58. The number of hydrogen-bond acceptors (Lipinski definition) is 2. The Morgan fingerprint density at radius 1 is 1.57 bits per heavy atom. The maximum absolute atomic E-state index is 5.62. The minimum Gasteiger partial charge on any atom is -0.326 e. The molecule has 1 heterocycles. The van der Waals surface area contributed by atoms with Crippen molar-refractivity contribution in [2.45, 2.75) is 13.0 Å². The number of rotatable bonds is 0. The van der Waals surface area contributed by atoms with Crippen molar-refractivity contribution >= 4 is 0 Å². The highest BCUT2D eigenvalue weighted by Gasteiger charge is 2.17. The van der Waals surface area contributed by atoms with E-state index in [2.05, 4.69) is 12.2 Å². The van der Waals surface area contributed by atoms with Gasteiger partial charge in [0.1, 0.15) is 0 Å². The molecule has 0 unspecified atom stereocenters. The molecule has 1 aliphatic rings. The van der Waals surface area contributed by atoms with Crippen molar-refractivity contribution in [2.24, 2.45) is 11.7 Å². The Bertz CT molecular complexity index is 55.1. The normalized spacial score (nSPS) is 42.0. The molecule has 0 radical (unpaired) electrons. The lowest BCUT2D eigenvalue weighted by Gasteiger charge is -2.03. The van der Waals surface area contributed by atoms with Crippen LogP contribution >= 0.6 is 0 Å². The van der Waals surface area contributed by atoms with Gasteiger partial charge in [-0.1, -0.05) is 6.92 Å². The topological polar surface area (TPSA) is 38.0 Å². The van der Waals surface area contributed by atoms with E-state index < -0.39 is 0 Å². The Labute approximate surface area is 44.1 Å². The fourth-order valence-electron chi connectivity index (χ4n) is 0.830. The molecule has 1 fully saturated rings. The predicted octanol–water partition coefficient (Wildman–Crippen LogP) is -0.447. The molecule has 2 atom stereocenters. The molecule has 1 aliphatic heterocycles. The molecule has 2 heteroatoms. The van der Waals surface area contributed by atoms with Gasteiger partial charge >= 0.3 is 0 Å². The van der Waals surface area contributed by atoms with Crippen LogP contribution in [-0.2, 0) is 0 Å². The van der Waals surface area contributed by atoms with Crippen LogP contribution in [0.25, 0.3) is 0 Å². The summed E-state index contributed by atoms with van der Waals surface area (Å²) in [6.45, 7) is 4.27. The van der Waals surface area contributed by atoms with Crippen LogP contribution < -0.4 is 11.1 Å². The van der Waals surface area contributed by atoms with Gasteiger partial charge in [-0.2, -0.15) is 0 Å². The van der Waals surface area contributed by atoms with E-state index in [0.29, 0.717) is 12.0 Å². The van der Waals surface area contributed by atoms with E-state index in [1.165, 1.54) is 0 Å². The summed E-state index contributed by atoms with van der Waals surface area (Å²) in [7, 11) is 0. The highest BCUT2D eigenvalue weighted by Crippen LogP contribution is 2.02. The summed E-state index contributed by atoms with van der Waals surface area (Å²) in [5, 5.41) is 3.20. The van der Waals surface area contributed by atoms with Crippen molar-refractivity contribution in [3.05, 3.63) is 0 Å². The van der Waals surface area contributed by atoms with Gasteiger partial charge in [0.05, 0.1) is 0 Å². The third kappa shape index (κ3) is 0.924. The molecule has 1 saturated heterocycles. The summed E-state index contributed by atoms with van der Waals surface area (Å²) in [5.41, 5.74) is 5.62. The van der Waals surface area contributed by atoms with Crippen LogP contribution in [-0.4, -0.2) is 19.1 Å². The van der Waals surface area contributed by atoms with E-state index in [1.807, 2.05) is 0 Å². The van der Waals surface area contributed by atoms with E-state index in [-0.39, 0.29) is 0 Å². The zero-order valence-corrected chi connectivity index (χ0v) is 4.65. The average molecular weight is 100 g/mol. The molecule has 0 aliphatic carbocycles. The van der Waals surface area contributed by atoms with E-state index in [4.69, 9.17) is 5.73 Å². The van der Waals surface area contributed by atoms with Gasteiger partial charge in [0, 0.05) is 12.6 Å². The van der Waals surface area contributed by atoms with Gasteiger partial charge < -0.3 is 11.1 Å². The van der Waals surface area contributed by atoms with Crippen molar-refractivity contribution < 1.29 is 0 Å². The van der Waals surface area contributed by atoms with Crippen molar-refractivity contribution in [1.29, 1.82) is 0 Å². The highest BCUT2D eigenvalue weighted by molar-refractivity contribution is 4.79. The maximum Gasteiger partial charge on any atom is 0.0203 e. The monoisotopic (exact) mass is 100 g/mol. The van der Waals surface area contributed by atoms with Crippen LogP contribution in [0.5, 0.6) is 0 Å². The quantitative estimate of drug-likeness (QED) is 0.433. The second-order valence-electron chi connectivity index (χ2n) is 2.30. The molecule has 0 saturated carbocycles. The smallest absolute Gasteiger partial charge is 0.0203 e. The molecular weight excluding hydrogens is 88.1 g/mol. The summed E-state index contributed by atoms with van der Waals surface area (Å²) in [6.07, 6.45) is 0. The second kappa shape index (κ2) is 1.80. The van der Waals surface area contributed by atoms with Crippen molar-refractivity contribution in [3.63, 3.8) is 0 Å². The summed E-state index contributed by atoms with van der Waals surface area (Å²) < 4.78 is 0. The fraction of sp³-hybridized carbons (Fsp3) is 1.00. The van der Waals surface area contributed by atoms with E-state index in [1.54, 1.807) is 0 Å². The predicted molar refractivity (Wildman–Crippen MR) is 30.0 cm³/mol. The van der Waals surface area contributed by atoms with E-state index in [9.17, 15) is 0 Å². The Morgan fingerprint density at radius 2 is 2.29 bits per heavy atom. The van der Waals surface area contributed by atoms with Crippen LogP contribution in [0.15, 0.2) is 0 Å². The van der Waals surface area contributed by atoms with Crippen LogP contribution in [0.3, 0.4) is 0 Å². The first-order chi connectivity index (χ1) is 3.30. The molecule has 42 valence electrons. The summed E-state index contributed by atoms with van der Waals surface area (Å²) in [4.78, 5) is 0. The first kappa shape index (κ1) is 5.06. The van der Waals surface area contributed by atoms with Crippen LogP contribution in [0.1, 0.15) is 6.92 Å². The molecule has 1 rings (SSSR count). The molecule has 0 bridgehead atoms. The first-order valence-electron chi connectivity index (χ1n) is 2.77. The molecular formula is C5H12N2. The van der Waals surface area contributed by atoms with Crippen molar-refractivity contribution in [2.75, 3.05) is 13.1 Å². The second-order valence-corrected chi connectivity index (χ2v) is 2.30. The van der Waals surface area contributed by atoms with Crippen molar-refractivity contribution in [3.8, 4) is 0 Å². The lowest BCUT2D eigenvalue weighted by molar-refractivity contribution is 0.565. The Morgan fingerprint density at radius 3 is 2.43 bits per heavy atom. The van der Waals surface area contributed by atoms with Crippen LogP contribution in [0, 0.1) is 5.92 Å². The Balaban J connectivity index is 2.33. The number of nitrogens with one attached hydrogen (secondary N) is 1. The summed E-state index contributed by atoms with van der Waals surface area (Å²) >= 11 is 0. The zero-order valence-electron chi connectivity index (χ0n) is 4.65. The number of nitrogens with two attached hydrogens (primary N) is 1. The largest absolute Gasteiger partial charge is 0.326 e. The molecule has 7 heavy (non-hydrogen) atoms. The third-order valence-electron chi connectivity index (χ3n) is 1.58. The maximum atomic E-state index is 5.62. The fourth-order valence-corrected chi connectivity index (χ4v) is 0.830. The Kier molecular flexibility index (Phi) is 1.30. The van der Waals surface area contributed by atoms with Gasteiger partial charge in [-0.3, -0.25) is 0 Å². The minimum atomic E-state index is 0.403. The molecule has 0 amide bonds. The molecule has 0 aromatic rings. The van der Waals surface area contributed by atoms with Crippen LogP contribution in [0.4, 0.5) is 0 Å². The van der Waals surface area contributed by atoms with Gasteiger partial charge in [0.25, 0.3) is 0 Å². The molecule has 0 aromatic carbocycles. The van der Waals surface area contributed by atoms with Gasteiger partial charge in [-0.25, -0.2) is 0 Å². The van der Waals surface area contributed by atoms with Crippen molar-refractivity contribution in [1.82, 2.24) is 5.32 Å². The lowest BCUT2D eigenvalue weighted by atomic mass is 10.1. The first-order valence-corrected chi connectivity index (χ1v) is 2.77. The SMILES string of the molecule is C[C@@H]1CNC[C@H]1N. The Hall–Kier alpha value is -0.0800. The molecule has 0 aromatic heterocycles. The van der Waals surface area contributed by atoms with E-state index in [0.717, 1.165) is 13.1 Å². The summed E-state index contributed by atoms with van der Waals surface area (Å²) in [6, 6.07) is 0.403. The standard InChI is InChI=1S/C5H12N2/c1-4-2-7-3-5(4)6/h4-5,7H,2-3,6H2,1H3/t4-,5-/m1/s1. The average Bonchev–Trinajstić information content (AvgIpc) is 1.91. The van der Waals surface area contributed by atoms with Gasteiger partial charge in [0.15, 0.2) is 0 Å². The summed E-state index contributed by atoms with van der Waals surface area (Å²) in [5.74, 6) is 0.681. The van der Waals surface area contributed by atoms with Gasteiger partial charge in [-0.15, -0.1) is 0 Å². The molecule has 2 nitrogen and oxygen atoms in total. The number of hydrogen-bond donors (Lipinski definition) is 2. The zero-order chi connectivity index (χ0) is 5.28. The molecule has 3 N–H and O–H groups in total. The minimum absolute atomic E-state index is 0.403. The lowest BCUT2D eigenvalue weighted by Crippen LogP contribution is -2.26. The highest BCUT2D eigenvalue weighted by atomic mass is 15.0. The van der Waals surface area contributed by atoms with Gasteiger partial charge in [-0.05, 0) is 12.5 Å². The van der Waals surface area contributed by atoms with Crippen LogP contribution in [0.2, 0.25) is 0 Å².